The van der Waals surface area contributed by atoms with Gasteiger partial charge in [-0.25, -0.2) is 9.50 Å². The van der Waals surface area contributed by atoms with Crippen LogP contribution in [0.2, 0.25) is 0 Å². The van der Waals surface area contributed by atoms with Gasteiger partial charge < -0.3 is 4.74 Å². The van der Waals surface area contributed by atoms with Crippen LogP contribution in [0.3, 0.4) is 0 Å². The standard InChI is InChI=1S/C12H14N4O2/c1-18-11(17)6-10-14-12-13-7-8-4-2-3-5-9(8)16(12)15-10/h7H,2-6H2,1H3. The maximum Gasteiger partial charge on any atom is 0.313 e. The normalized spacial score (nSPS) is 14.5. The minimum absolute atomic E-state index is 0.0919. The zero-order chi connectivity index (χ0) is 12.5. The summed E-state index contributed by atoms with van der Waals surface area (Å²) in [6.07, 6.45) is 6.37. The number of esters is 1. The molecule has 94 valence electrons. The van der Waals surface area contributed by atoms with Crippen LogP contribution in [-0.4, -0.2) is 32.7 Å². The van der Waals surface area contributed by atoms with E-state index < -0.39 is 0 Å². The fourth-order valence-electron chi connectivity index (χ4n) is 2.32. The topological polar surface area (TPSA) is 69.4 Å². The highest BCUT2D eigenvalue weighted by Crippen LogP contribution is 2.20. The summed E-state index contributed by atoms with van der Waals surface area (Å²) < 4.78 is 6.38. The Balaban J connectivity index is 2.03. The summed E-state index contributed by atoms with van der Waals surface area (Å²) in [5.41, 5.74) is 2.41. The monoisotopic (exact) mass is 246 g/mol. The third kappa shape index (κ3) is 1.83. The van der Waals surface area contributed by atoms with Crippen molar-refractivity contribution >= 4 is 11.7 Å². The van der Waals surface area contributed by atoms with Gasteiger partial charge in [0.2, 0.25) is 0 Å². The molecule has 0 saturated heterocycles. The first-order valence-corrected chi connectivity index (χ1v) is 6.07. The van der Waals surface area contributed by atoms with Crippen LogP contribution in [0.1, 0.15) is 29.9 Å². The molecule has 6 heteroatoms. The van der Waals surface area contributed by atoms with Crippen molar-refractivity contribution in [3.8, 4) is 0 Å². The zero-order valence-electron chi connectivity index (χ0n) is 10.2. The summed E-state index contributed by atoms with van der Waals surface area (Å²) in [6, 6.07) is 0. The fourth-order valence-corrected chi connectivity index (χ4v) is 2.32. The molecule has 0 unspecified atom stereocenters. The molecule has 0 radical (unpaired) electrons. The smallest absolute Gasteiger partial charge is 0.313 e. The van der Waals surface area contributed by atoms with Gasteiger partial charge in [0.05, 0.1) is 12.8 Å². The highest BCUT2D eigenvalue weighted by Gasteiger charge is 2.17. The second kappa shape index (κ2) is 4.36. The van der Waals surface area contributed by atoms with Crippen LogP contribution < -0.4 is 0 Å². The van der Waals surface area contributed by atoms with Gasteiger partial charge in [0.25, 0.3) is 5.78 Å². The predicted octanol–water partition coefficient (Wildman–Crippen LogP) is 0.719. The Morgan fingerprint density at radius 3 is 3.11 bits per heavy atom. The summed E-state index contributed by atoms with van der Waals surface area (Å²) in [5.74, 6) is 0.697. The molecule has 1 aliphatic carbocycles. The quantitative estimate of drug-likeness (QED) is 0.730. The maximum absolute atomic E-state index is 11.2. The summed E-state index contributed by atoms with van der Waals surface area (Å²) in [6.45, 7) is 0. The van der Waals surface area contributed by atoms with Crippen LogP contribution in [0.5, 0.6) is 0 Å². The molecule has 2 aromatic rings. The summed E-state index contributed by atoms with van der Waals surface area (Å²) in [5, 5.41) is 4.36. The lowest BCUT2D eigenvalue weighted by Gasteiger charge is -2.14. The van der Waals surface area contributed by atoms with Gasteiger partial charge in [-0.1, -0.05) is 0 Å². The molecule has 18 heavy (non-hydrogen) atoms. The third-order valence-corrected chi connectivity index (χ3v) is 3.24. The van der Waals surface area contributed by atoms with Crippen LogP contribution in [0, 0.1) is 0 Å². The molecule has 6 nitrogen and oxygen atoms in total. The number of aromatic nitrogens is 4. The fraction of sp³-hybridized carbons (Fsp3) is 0.500. The second-order valence-electron chi connectivity index (χ2n) is 4.43. The minimum atomic E-state index is -0.334. The number of carbonyl (C=O) groups excluding carboxylic acids is 1. The number of ether oxygens (including phenoxy) is 1. The van der Waals surface area contributed by atoms with E-state index in [0.29, 0.717) is 11.6 Å². The van der Waals surface area contributed by atoms with Crippen molar-refractivity contribution in [3.63, 3.8) is 0 Å². The van der Waals surface area contributed by atoms with Gasteiger partial charge in [-0.3, -0.25) is 4.79 Å². The molecule has 2 heterocycles. The Hall–Kier alpha value is -1.98. The van der Waals surface area contributed by atoms with E-state index >= 15 is 0 Å². The number of aryl methyl sites for hydroxylation is 2. The van der Waals surface area contributed by atoms with Crippen molar-refractivity contribution in [3.05, 3.63) is 23.3 Å². The molecule has 0 spiro atoms. The van der Waals surface area contributed by atoms with Crippen molar-refractivity contribution < 1.29 is 9.53 Å². The average Bonchev–Trinajstić information content (AvgIpc) is 2.81. The Morgan fingerprint density at radius 2 is 2.28 bits per heavy atom. The lowest BCUT2D eigenvalue weighted by atomic mass is 9.98. The number of nitrogens with zero attached hydrogens (tertiary/aromatic N) is 4. The Labute approximate surface area is 104 Å². The Kier molecular flexibility index (Phi) is 2.70. The minimum Gasteiger partial charge on any atom is -0.469 e. The molecule has 0 fully saturated rings. The SMILES string of the molecule is COC(=O)Cc1nc2ncc3c(n2n1)CCCC3. The Morgan fingerprint density at radius 1 is 1.44 bits per heavy atom. The molecular formula is C12H14N4O2. The first-order valence-electron chi connectivity index (χ1n) is 6.07. The van der Waals surface area contributed by atoms with E-state index in [0.717, 1.165) is 19.3 Å². The number of fused-ring (bicyclic) bond motifs is 3. The second-order valence-corrected chi connectivity index (χ2v) is 4.43. The van der Waals surface area contributed by atoms with Gasteiger partial charge in [-0.2, -0.15) is 4.98 Å². The Bertz CT molecular complexity index is 605. The first-order chi connectivity index (χ1) is 8.78. The first kappa shape index (κ1) is 11.1. The zero-order valence-corrected chi connectivity index (χ0v) is 10.2. The predicted molar refractivity (Wildman–Crippen MR) is 63.1 cm³/mol. The van der Waals surface area contributed by atoms with Gasteiger partial charge in [0, 0.05) is 6.20 Å². The maximum atomic E-state index is 11.2. The van der Waals surface area contributed by atoms with Gasteiger partial charge in [0.1, 0.15) is 6.42 Å². The van der Waals surface area contributed by atoms with Crippen LogP contribution in [-0.2, 0) is 28.8 Å². The number of hydrogen-bond donors (Lipinski definition) is 0. The molecule has 1 aliphatic rings. The van der Waals surface area contributed by atoms with Crippen molar-refractivity contribution in [1.82, 2.24) is 19.6 Å². The summed E-state index contributed by atoms with van der Waals surface area (Å²) >= 11 is 0. The van der Waals surface area contributed by atoms with E-state index in [1.165, 1.54) is 24.8 Å². The van der Waals surface area contributed by atoms with E-state index in [2.05, 4.69) is 19.8 Å². The summed E-state index contributed by atoms with van der Waals surface area (Å²) in [4.78, 5) is 19.7. The molecule has 0 atom stereocenters. The van der Waals surface area contributed by atoms with Crippen molar-refractivity contribution in [2.45, 2.75) is 32.1 Å². The highest BCUT2D eigenvalue weighted by atomic mass is 16.5. The number of carbonyl (C=O) groups is 1. The van der Waals surface area contributed by atoms with Gasteiger partial charge in [-0.05, 0) is 31.2 Å². The average molecular weight is 246 g/mol. The van der Waals surface area contributed by atoms with E-state index in [1.807, 2.05) is 6.20 Å². The molecule has 0 amide bonds. The summed E-state index contributed by atoms with van der Waals surface area (Å²) in [7, 11) is 1.36. The molecule has 0 aromatic carbocycles. The molecular weight excluding hydrogens is 232 g/mol. The molecule has 2 aromatic heterocycles. The van der Waals surface area contributed by atoms with Gasteiger partial charge in [-0.15, -0.1) is 5.10 Å². The number of methoxy groups -OCH3 is 1. The molecule has 0 saturated carbocycles. The van der Waals surface area contributed by atoms with E-state index in [4.69, 9.17) is 0 Å². The van der Waals surface area contributed by atoms with E-state index in [-0.39, 0.29) is 12.4 Å². The molecule has 3 rings (SSSR count). The largest absolute Gasteiger partial charge is 0.469 e. The molecule has 0 N–H and O–H groups in total. The lowest BCUT2D eigenvalue weighted by molar-refractivity contribution is -0.139. The van der Waals surface area contributed by atoms with Crippen LogP contribution in [0.4, 0.5) is 0 Å². The van der Waals surface area contributed by atoms with Crippen molar-refractivity contribution in [2.24, 2.45) is 0 Å². The van der Waals surface area contributed by atoms with Gasteiger partial charge >= 0.3 is 5.97 Å². The number of hydrogen-bond acceptors (Lipinski definition) is 5. The van der Waals surface area contributed by atoms with E-state index in [9.17, 15) is 4.79 Å². The van der Waals surface area contributed by atoms with Crippen molar-refractivity contribution in [1.29, 1.82) is 0 Å². The van der Waals surface area contributed by atoms with Crippen LogP contribution >= 0.6 is 0 Å². The molecule has 0 bridgehead atoms. The number of rotatable bonds is 2. The van der Waals surface area contributed by atoms with Crippen LogP contribution in [0.15, 0.2) is 6.20 Å². The lowest BCUT2D eigenvalue weighted by Crippen LogP contribution is -2.11. The molecule has 0 aliphatic heterocycles. The van der Waals surface area contributed by atoms with Crippen LogP contribution in [0.25, 0.3) is 5.78 Å². The third-order valence-electron chi connectivity index (χ3n) is 3.24. The van der Waals surface area contributed by atoms with Gasteiger partial charge in [0.15, 0.2) is 5.82 Å². The van der Waals surface area contributed by atoms with E-state index in [1.54, 1.807) is 4.52 Å². The highest BCUT2D eigenvalue weighted by molar-refractivity contribution is 5.71. The van der Waals surface area contributed by atoms with Crippen molar-refractivity contribution in [2.75, 3.05) is 7.11 Å².